The molecule has 0 saturated carbocycles. The number of carbonyl (C=O) groups is 2. The van der Waals surface area contributed by atoms with Gasteiger partial charge >= 0.3 is 0 Å². The lowest BCUT2D eigenvalue weighted by Gasteiger charge is -2.09. The molecule has 0 aromatic carbocycles. The van der Waals surface area contributed by atoms with Gasteiger partial charge in [0.2, 0.25) is 5.91 Å². The first-order valence-electron chi connectivity index (χ1n) is 7.13. The number of halogens is 1. The van der Waals surface area contributed by atoms with E-state index in [2.05, 4.69) is 15.6 Å². The van der Waals surface area contributed by atoms with Crippen LogP contribution in [0.1, 0.15) is 43.2 Å². The molecule has 0 spiro atoms. The Bertz CT molecular complexity index is 504. The van der Waals surface area contributed by atoms with Crippen LogP contribution in [-0.4, -0.2) is 29.9 Å². The second-order valence-corrected chi connectivity index (χ2v) is 5.69. The molecular formula is C15H22ClN3O2. The highest BCUT2D eigenvalue weighted by Gasteiger charge is 2.11. The van der Waals surface area contributed by atoms with E-state index in [0.717, 1.165) is 18.5 Å². The number of hydrogen-bond donors (Lipinski definition) is 2. The summed E-state index contributed by atoms with van der Waals surface area (Å²) in [5.74, 6) is -0.150. The van der Waals surface area contributed by atoms with Crippen LogP contribution in [0.2, 0.25) is 5.15 Å². The Morgan fingerprint density at radius 1 is 1.29 bits per heavy atom. The van der Waals surface area contributed by atoms with Crippen LogP contribution in [0, 0.1) is 5.92 Å². The second-order valence-electron chi connectivity index (χ2n) is 5.30. The molecule has 0 fully saturated rings. The van der Waals surface area contributed by atoms with Gasteiger partial charge in [-0.25, -0.2) is 4.98 Å². The molecule has 0 atom stereocenters. The van der Waals surface area contributed by atoms with Crippen LogP contribution < -0.4 is 10.6 Å². The van der Waals surface area contributed by atoms with Crippen LogP contribution in [-0.2, 0) is 11.2 Å². The number of pyridine rings is 1. The Labute approximate surface area is 130 Å². The van der Waals surface area contributed by atoms with E-state index >= 15 is 0 Å². The average Bonchev–Trinajstić information content (AvgIpc) is 2.42. The highest BCUT2D eigenvalue weighted by atomic mass is 35.5. The van der Waals surface area contributed by atoms with Gasteiger partial charge in [-0.05, 0) is 24.5 Å². The maximum absolute atomic E-state index is 12.0. The van der Waals surface area contributed by atoms with E-state index in [4.69, 9.17) is 11.6 Å². The lowest BCUT2D eigenvalue weighted by atomic mass is 10.1. The summed E-state index contributed by atoms with van der Waals surface area (Å²) >= 11 is 5.91. The number of carbonyl (C=O) groups excluding carboxylic acids is 2. The Hall–Kier alpha value is -1.62. The van der Waals surface area contributed by atoms with E-state index in [1.54, 1.807) is 6.07 Å². The third-order valence-electron chi connectivity index (χ3n) is 2.73. The summed E-state index contributed by atoms with van der Waals surface area (Å²) in [6.45, 7) is 6.59. The summed E-state index contributed by atoms with van der Waals surface area (Å²) in [7, 11) is 0. The van der Waals surface area contributed by atoms with E-state index in [1.165, 1.54) is 6.07 Å². The maximum Gasteiger partial charge on any atom is 0.251 e. The minimum atomic E-state index is -0.323. The quantitative estimate of drug-likeness (QED) is 0.758. The summed E-state index contributed by atoms with van der Waals surface area (Å²) in [6, 6.07) is 3.21. The molecule has 6 heteroatoms. The number of hydrogen-bond acceptors (Lipinski definition) is 3. The van der Waals surface area contributed by atoms with Gasteiger partial charge in [0.25, 0.3) is 5.91 Å². The monoisotopic (exact) mass is 311 g/mol. The summed E-state index contributed by atoms with van der Waals surface area (Å²) in [5, 5.41) is 5.61. The minimum absolute atomic E-state index is 0.0470. The Morgan fingerprint density at radius 3 is 2.62 bits per heavy atom. The van der Waals surface area contributed by atoms with Gasteiger partial charge in [0, 0.05) is 17.8 Å². The van der Waals surface area contributed by atoms with Crippen molar-refractivity contribution in [3.05, 3.63) is 28.5 Å². The molecule has 116 valence electrons. The zero-order valence-electron chi connectivity index (χ0n) is 12.7. The maximum atomic E-state index is 12.0. The van der Waals surface area contributed by atoms with Crippen LogP contribution in [0.3, 0.4) is 0 Å². The molecule has 0 unspecified atom stereocenters. The molecule has 0 radical (unpaired) electrons. The highest BCUT2D eigenvalue weighted by molar-refractivity contribution is 6.29. The first-order chi connectivity index (χ1) is 9.92. The van der Waals surface area contributed by atoms with E-state index in [-0.39, 0.29) is 23.5 Å². The fourth-order valence-corrected chi connectivity index (χ4v) is 1.94. The van der Waals surface area contributed by atoms with Crippen molar-refractivity contribution in [2.45, 2.75) is 33.6 Å². The van der Waals surface area contributed by atoms with Gasteiger partial charge in [0.15, 0.2) is 0 Å². The number of aromatic nitrogens is 1. The smallest absolute Gasteiger partial charge is 0.251 e. The van der Waals surface area contributed by atoms with Crippen molar-refractivity contribution >= 4 is 23.4 Å². The second kappa shape index (κ2) is 8.62. The van der Waals surface area contributed by atoms with Gasteiger partial charge in [0.05, 0.1) is 6.54 Å². The molecule has 0 bridgehead atoms. The van der Waals surface area contributed by atoms with Crippen LogP contribution in [0.5, 0.6) is 0 Å². The minimum Gasteiger partial charge on any atom is -0.354 e. The van der Waals surface area contributed by atoms with E-state index in [0.29, 0.717) is 18.0 Å². The first-order valence-corrected chi connectivity index (χ1v) is 7.51. The van der Waals surface area contributed by atoms with Crippen molar-refractivity contribution in [3.8, 4) is 0 Å². The van der Waals surface area contributed by atoms with Crippen molar-refractivity contribution in [3.63, 3.8) is 0 Å². The van der Waals surface area contributed by atoms with Crippen molar-refractivity contribution in [1.29, 1.82) is 0 Å². The zero-order chi connectivity index (χ0) is 15.8. The molecule has 0 aliphatic heterocycles. The third kappa shape index (κ3) is 6.58. The van der Waals surface area contributed by atoms with Crippen molar-refractivity contribution in [2.24, 2.45) is 5.92 Å². The van der Waals surface area contributed by atoms with Crippen molar-refractivity contribution in [1.82, 2.24) is 15.6 Å². The van der Waals surface area contributed by atoms with Crippen molar-refractivity contribution in [2.75, 3.05) is 13.1 Å². The molecule has 0 aliphatic carbocycles. The number of aryl methyl sites for hydroxylation is 1. The molecular weight excluding hydrogens is 290 g/mol. The lowest BCUT2D eigenvalue weighted by Crippen LogP contribution is -2.38. The van der Waals surface area contributed by atoms with Crippen LogP contribution in [0.25, 0.3) is 0 Å². The van der Waals surface area contributed by atoms with Gasteiger partial charge in [-0.15, -0.1) is 0 Å². The fourth-order valence-electron chi connectivity index (χ4n) is 1.71. The van der Waals surface area contributed by atoms with Crippen LogP contribution in [0.4, 0.5) is 0 Å². The Morgan fingerprint density at radius 2 is 2.00 bits per heavy atom. The molecule has 0 aliphatic rings. The number of amides is 2. The topological polar surface area (TPSA) is 71.1 Å². The van der Waals surface area contributed by atoms with Gasteiger partial charge in [-0.1, -0.05) is 38.8 Å². The third-order valence-corrected chi connectivity index (χ3v) is 2.93. The fraction of sp³-hybridized carbons (Fsp3) is 0.533. The van der Waals surface area contributed by atoms with E-state index in [9.17, 15) is 9.59 Å². The largest absolute Gasteiger partial charge is 0.354 e. The summed E-state index contributed by atoms with van der Waals surface area (Å²) in [5.41, 5.74) is 1.20. The molecule has 1 heterocycles. The normalized spacial score (nSPS) is 10.5. The molecule has 21 heavy (non-hydrogen) atoms. The van der Waals surface area contributed by atoms with Crippen LogP contribution in [0.15, 0.2) is 12.1 Å². The first kappa shape index (κ1) is 17.4. The summed E-state index contributed by atoms with van der Waals surface area (Å²) in [4.78, 5) is 27.7. The van der Waals surface area contributed by atoms with Gasteiger partial charge < -0.3 is 10.6 Å². The Kier molecular flexibility index (Phi) is 7.15. The molecule has 2 N–H and O–H groups in total. The average molecular weight is 312 g/mol. The predicted octanol–water partition coefficient (Wildman–Crippen LogP) is 2.19. The van der Waals surface area contributed by atoms with Crippen molar-refractivity contribution < 1.29 is 9.59 Å². The van der Waals surface area contributed by atoms with Gasteiger partial charge in [-0.2, -0.15) is 0 Å². The van der Waals surface area contributed by atoms with E-state index in [1.807, 2.05) is 20.8 Å². The Balaban J connectivity index is 2.57. The molecule has 5 nitrogen and oxygen atoms in total. The van der Waals surface area contributed by atoms with Gasteiger partial charge in [-0.3, -0.25) is 9.59 Å². The molecule has 1 aromatic heterocycles. The van der Waals surface area contributed by atoms with Crippen LogP contribution >= 0.6 is 11.6 Å². The zero-order valence-corrected chi connectivity index (χ0v) is 13.5. The standard InChI is InChI=1S/C15H22ClN3O2/c1-4-5-12-6-11(7-13(16)19-12)15(21)18-9-14(20)17-8-10(2)3/h6-7,10H,4-5,8-9H2,1-3H3,(H,17,20)(H,18,21). The predicted molar refractivity (Wildman–Crippen MR) is 83.4 cm³/mol. The molecule has 1 aromatic rings. The summed E-state index contributed by atoms with van der Waals surface area (Å²) in [6.07, 6.45) is 1.68. The number of rotatable bonds is 7. The summed E-state index contributed by atoms with van der Waals surface area (Å²) < 4.78 is 0. The lowest BCUT2D eigenvalue weighted by molar-refractivity contribution is -0.120. The number of nitrogens with one attached hydrogen (secondary N) is 2. The van der Waals surface area contributed by atoms with Gasteiger partial charge in [0.1, 0.15) is 5.15 Å². The number of nitrogens with zero attached hydrogens (tertiary/aromatic N) is 1. The molecule has 1 rings (SSSR count). The highest BCUT2D eigenvalue weighted by Crippen LogP contribution is 2.12. The van der Waals surface area contributed by atoms with E-state index < -0.39 is 0 Å². The molecule has 0 saturated heterocycles. The molecule has 2 amide bonds. The SMILES string of the molecule is CCCc1cc(C(=O)NCC(=O)NCC(C)C)cc(Cl)n1.